The second kappa shape index (κ2) is 11.8. The van der Waals surface area contributed by atoms with Crippen LogP contribution in [0.4, 0.5) is 0 Å². The Hall–Kier alpha value is -7.36. The molecule has 0 N–H and O–H groups in total. The van der Waals surface area contributed by atoms with E-state index in [9.17, 15) is 0 Å². The summed E-state index contributed by atoms with van der Waals surface area (Å²) in [6, 6.07) is 72.6. The van der Waals surface area contributed by atoms with E-state index in [-0.39, 0.29) is 0 Å². The maximum atomic E-state index is 5.19. The van der Waals surface area contributed by atoms with Gasteiger partial charge in [-0.15, -0.1) is 0 Å². The average molecular weight is 712 g/mol. The van der Waals surface area contributed by atoms with Crippen LogP contribution in [0.2, 0.25) is 0 Å². The van der Waals surface area contributed by atoms with Crippen LogP contribution in [0.3, 0.4) is 0 Å². The number of para-hydroxylation sites is 2. The van der Waals surface area contributed by atoms with Crippen molar-refractivity contribution in [1.82, 2.24) is 14.5 Å². The largest absolute Gasteiger partial charge is 0.309 e. The van der Waals surface area contributed by atoms with Gasteiger partial charge in [0.05, 0.1) is 33.5 Å². The van der Waals surface area contributed by atoms with Gasteiger partial charge >= 0.3 is 0 Å². The first-order valence-corrected chi connectivity index (χ1v) is 19.2. The molecule has 3 heteroatoms. The molecule has 0 saturated heterocycles. The van der Waals surface area contributed by atoms with Gasteiger partial charge in [0.2, 0.25) is 0 Å². The smallest absolute Gasteiger partial charge is 0.160 e. The first-order chi connectivity index (χ1) is 27.8. The summed E-state index contributed by atoms with van der Waals surface area (Å²) in [4.78, 5) is 10.2. The van der Waals surface area contributed by atoms with Crippen LogP contribution < -0.4 is 0 Å². The van der Waals surface area contributed by atoms with E-state index in [0.29, 0.717) is 5.82 Å². The summed E-state index contributed by atoms with van der Waals surface area (Å²) in [6.45, 7) is 0. The molecule has 1 aliphatic heterocycles. The SMILES string of the molecule is c1ccc(-c2cc(-c3cccc(-c4cc5c6c(c4)c4ccccc4n6-c4ccccc4C54c5ccccc5-c5ccccc54)c3)nc(-c3ccccc3)n2)cc1. The lowest BCUT2D eigenvalue weighted by Crippen LogP contribution is -2.33. The molecule has 3 heterocycles. The van der Waals surface area contributed by atoms with Crippen molar-refractivity contribution >= 4 is 21.8 Å². The van der Waals surface area contributed by atoms with Crippen molar-refractivity contribution in [3.8, 4) is 61.8 Å². The van der Waals surface area contributed by atoms with Crippen molar-refractivity contribution in [3.05, 3.63) is 222 Å². The molecule has 260 valence electrons. The zero-order valence-electron chi connectivity index (χ0n) is 30.4. The minimum atomic E-state index is -0.498. The Morgan fingerprint density at radius 1 is 0.357 bits per heavy atom. The van der Waals surface area contributed by atoms with Gasteiger partial charge in [-0.1, -0.05) is 164 Å². The van der Waals surface area contributed by atoms with Crippen molar-refractivity contribution in [1.29, 1.82) is 0 Å². The molecule has 1 aliphatic carbocycles. The molecule has 2 aromatic heterocycles. The molecule has 3 nitrogen and oxygen atoms in total. The van der Waals surface area contributed by atoms with E-state index >= 15 is 0 Å². The van der Waals surface area contributed by atoms with Gasteiger partial charge in [0.15, 0.2) is 5.82 Å². The minimum absolute atomic E-state index is 0.498. The standard InChI is InChI=1S/C53H33N3/c1-3-16-34(17-4-1)47-33-48(55-52(54-47)35-18-5-2-6-19-35)37-21-15-20-36(30-37)38-31-42-41-24-9-13-28-49(41)56-50-29-14-12-27-45(50)53(46(32-38)51(42)56)43-25-10-7-22-39(43)40-23-8-11-26-44(40)53/h1-33H. The number of fused-ring (bicyclic) bond motifs is 12. The number of rotatable bonds is 4. The average Bonchev–Trinajstić information content (AvgIpc) is 3.77. The number of hydrogen-bond donors (Lipinski definition) is 0. The monoisotopic (exact) mass is 711 g/mol. The third-order valence-electron chi connectivity index (χ3n) is 12.0. The van der Waals surface area contributed by atoms with Crippen LogP contribution in [0.5, 0.6) is 0 Å². The number of hydrogen-bond acceptors (Lipinski definition) is 2. The maximum absolute atomic E-state index is 5.19. The molecule has 12 rings (SSSR count). The van der Waals surface area contributed by atoms with Crippen LogP contribution in [-0.4, -0.2) is 14.5 Å². The van der Waals surface area contributed by atoms with E-state index in [0.717, 1.165) is 33.6 Å². The van der Waals surface area contributed by atoms with Crippen molar-refractivity contribution in [2.75, 3.05) is 0 Å². The predicted molar refractivity (Wildman–Crippen MR) is 229 cm³/mol. The van der Waals surface area contributed by atoms with Crippen molar-refractivity contribution in [2.45, 2.75) is 5.41 Å². The fourth-order valence-corrected chi connectivity index (χ4v) is 9.67. The third-order valence-corrected chi connectivity index (χ3v) is 12.0. The maximum Gasteiger partial charge on any atom is 0.160 e. The molecule has 0 unspecified atom stereocenters. The van der Waals surface area contributed by atoms with E-state index < -0.39 is 5.41 Å². The van der Waals surface area contributed by atoms with Crippen LogP contribution in [0, 0.1) is 0 Å². The highest BCUT2D eigenvalue weighted by Gasteiger charge is 2.50. The van der Waals surface area contributed by atoms with E-state index in [4.69, 9.17) is 9.97 Å². The zero-order valence-corrected chi connectivity index (χ0v) is 30.4. The summed E-state index contributed by atoms with van der Waals surface area (Å²) in [5, 5.41) is 2.51. The van der Waals surface area contributed by atoms with Gasteiger partial charge in [-0.25, -0.2) is 9.97 Å². The Balaban J connectivity index is 1.14. The lowest BCUT2D eigenvalue weighted by Gasteiger charge is -2.39. The molecular formula is C53H33N3. The topological polar surface area (TPSA) is 30.7 Å². The Bertz CT molecular complexity index is 3090. The summed E-state index contributed by atoms with van der Waals surface area (Å²) >= 11 is 0. The lowest BCUT2D eigenvalue weighted by atomic mass is 9.65. The van der Waals surface area contributed by atoms with Crippen LogP contribution in [0.15, 0.2) is 200 Å². The Labute approximate surface area is 324 Å². The number of nitrogens with zero attached hydrogens (tertiary/aromatic N) is 3. The van der Waals surface area contributed by atoms with Crippen LogP contribution in [0.1, 0.15) is 22.3 Å². The molecule has 0 bridgehead atoms. The molecular weight excluding hydrogens is 679 g/mol. The summed E-state index contributed by atoms with van der Waals surface area (Å²) in [5.74, 6) is 0.713. The third kappa shape index (κ3) is 4.28. The lowest BCUT2D eigenvalue weighted by molar-refractivity contribution is 0.749. The molecule has 0 atom stereocenters. The number of aromatic nitrogens is 3. The van der Waals surface area contributed by atoms with Crippen LogP contribution in [-0.2, 0) is 5.41 Å². The predicted octanol–water partition coefficient (Wildman–Crippen LogP) is 12.9. The second-order valence-electron chi connectivity index (χ2n) is 14.9. The number of benzene rings is 8. The van der Waals surface area contributed by atoms with Gasteiger partial charge in [-0.2, -0.15) is 0 Å². The van der Waals surface area contributed by atoms with E-state index in [1.54, 1.807) is 0 Å². The van der Waals surface area contributed by atoms with Gasteiger partial charge in [-0.05, 0) is 80.9 Å². The van der Waals surface area contributed by atoms with Crippen molar-refractivity contribution in [2.24, 2.45) is 0 Å². The highest BCUT2D eigenvalue weighted by atomic mass is 15.0. The van der Waals surface area contributed by atoms with E-state index in [2.05, 4.69) is 180 Å². The van der Waals surface area contributed by atoms with Crippen LogP contribution >= 0.6 is 0 Å². The Morgan fingerprint density at radius 3 is 1.68 bits per heavy atom. The highest BCUT2D eigenvalue weighted by Crippen LogP contribution is 2.61. The Morgan fingerprint density at radius 2 is 0.929 bits per heavy atom. The molecule has 0 amide bonds. The molecule has 8 aromatic carbocycles. The van der Waals surface area contributed by atoms with E-state index in [1.165, 1.54) is 66.4 Å². The Kier molecular flexibility index (Phi) is 6.55. The summed E-state index contributed by atoms with van der Waals surface area (Å²) in [7, 11) is 0. The first kappa shape index (κ1) is 31.0. The summed E-state index contributed by atoms with van der Waals surface area (Å²) in [6.07, 6.45) is 0. The normalized spacial score (nSPS) is 13.1. The minimum Gasteiger partial charge on any atom is -0.309 e. The van der Waals surface area contributed by atoms with Gasteiger partial charge in [0.1, 0.15) is 0 Å². The first-order valence-electron chi connectivity index (χ1n) is 19.2. The van der Waals surface area contributed by atoms with E-state index in [1.807, 2.05) is 24.3 Å². The highest BCUT2D eigenvalue weighted by molar-refractivity contribution is 6.14. The quantitative estimate of drug-likeness (QED) is 0.182. The fourth-order valence-electron chi connectivity index (χ4n) is 9.67. The van der Waals surface area contributed by atoms with Gasteiger partial charge in [0.25, 0.3) is 0 Å². The second-order valence-corrected chi connectivity index (χ2v) is 14.9. The van der Waals surface area contributed by atoms with Gasteiger partial charge in [-0.3, -0.25) is 0 Å². The molecule has 0 radical (unpaired) electrons. The summed E-state index contributed by atoms with van der Waals surface area (Å²) < 4.78 is 2.52. The zero-order chi connectivity index (χ0) is 36.8. The summed E-state index contributed by atoms with van der Waals surface area (Å²) in [5.41, 5.74) is 18.3. The van der Waals surface area contributed by atoms with Crippen LogP contribution in [0.25, 0.3) is 83.6 Å². The molecule has 10 aromatic rings. The van der Waals surface area contributed by atoms with Crippen molar-refractivity contribution in [3.63, 3.8) is 0 Å². The fraction of sp³-hybridized carbons (Fsp3) is 0.0189. The molecule has 0 fully saturated rings. The van der Waals surface area contributed by atoms with Crippen molar-refractivity contribution < 1.29 is 0 Å². The van der Waals surface area contributed by atoms with Gasteiger partial charge in [0, 0.05) is 27.5 Å². The molecule has 56 heavy (non-hydrogen) atoms. The molecule has 1 spiro atoms. The van der Waals surface area contributed by atoms with Gasteiger partial charge < -0.3 is 4.57 Å². The molecule has 2 aliphatic rings. The molecule has 0 saturated carbocycles.